The molecule has 0 fully saturated rings. The van der Waals surface area contributed by atoms with Gasteiger partial charge in [0, 0.05) is 6.92 Å². The van der Waals surface area contributed by atoms with E-state index in [2.05, 4.69) is 4.74 Å². The minimum Gasteiger partial charge on any atom is -0.480 e. The third-order valence-electron chi connectivity index (χ3n) is 2.77. The quantitative estimate of drug-likeness (QED) is 0.411. The third kappa shape index (κ3) is 1.74. The van der Waals surface area contributed by atoms with Crippen LogP contribution in [0.3, 0.4) is 0 Å². The smallest absolute Gasteiger partial charge is 0.343 e. The highest BCUT2D eigenvalue weighted by Gasteiger charge is 2.53. The van der Waals surface area contributed by atoms with E-state index in [1.54, 1.807) is 13.0 Å². The van der Waals surface area contributed by atoms with E-state index in [4.69, 9.17) is 4.74 Å². The first-order chi connectivity index (χ1) is 7.88. The molecule has 0 bridgehead atoms. The molecule has 0 spiro atoms. The number of cyclic esters (lactones) is 1. The lowest BCUT2D eigenvalue weighted by Gasteiger charge is -2.32. The van der Waals surface area contributed by atoms with Gasteiger partial charge in [-0.3, -0.25) is 0 Å². The average molecular weight is 242 g/mol. The van der Waals surface area contributed by atoms with Gasteiger partial charge in [-0.15, -0.1) is 0 Å². The molecular formula is C11H14O6. The lowest BCUT2D eigenvalue weighted by Crippen LogP contribution is -2.45. The number of aliphatic hydroxyl groups excluding tert-OH is 2. The van der Waals surface area contributed by atoms with Crippen molar-refractivity contribution in [3.05, 3.63) is 23.5 Å². The molecule has 17 heavy (non-hydrogen) atoms. The number of esters is 1. The molecule has 0 amide bonds. The van der Waals surface area contributed by atoms with Crippen molar-refractivity contribution in [2.24, 2.45) is 0 Å². The van der Waals surface area contributed by atoms with Gasteiger partial charge in [0.1, 0.15) is 23.9 Å². The molecule has 0 aromatic carbocycles. The maximum Gasteiger partial charge on any atom is 0.343 e. The van der Waals surface area contributed by atoms with Gasteiger partial charge in [-0.25, -0.2) is 4.79 Å². The van der Waals surface area contributed by atoms with Gasteiger partial charge in [-0.1, -0.05) is 6.08 Å². The molecule has 0 saturated heterocycles. The Morgan fingerprint density at radius 2 is 2.06 bits per heavy atom. The second-order valence-corrected chi connectivity index (χ2v) is 4.16. The third-order valence-corrected chi connectivity index (χ3v) is 2.77. The number of ether oxygens (including phenoxy) is 2. The molecule has 0 radical (unpaired) electrons. The summed E-state index contributed by atoms with van der Waals surface area (Å²) in [7, 11) is 0. The van der Waals surface area contributed by atoms with Crippen LogP contribution >= 0.6 is 0 Å². The molecule has 0 unspecified atom stereocenters. The van der Waals surface area contributed by atoms with Crippen LogP contribution in [0.15, 0.2) is 23.5 Å². The molecule has 3 N–H and O–H groups in total. The molecular weight excluding hydrogens is 228 g/mol. The standard InChI is InChI=1S/C11H14O6/c1-3-4-5-7(12)8(13)6-9(16-5)11(2,15)17-10(6)14/h3-5,7-8,12-13,15H,1-2H3/b4-3+/t5-,7-,8-,11-/m0/s1. The van der Waals surface area contributed by atoms with Crippen molar-refractivity contribution in [3.63, 3.8) is 0 Å². The largest absolute Gasteiger partial charge is 0.480 e. The summed E-state index contributed by atoms with van der Waals surface area (Å²) in [6, 6.07) is 0. The molecule has 0 aromatic heterocycles. The first-order valence-corrected chi connectivity index (χ1v) is 5.24. The Hall–Kier alpha value is -1.37. The van der Waals surface area contributed by atoms with Crippen LogP contribution in [-0.2, 0) is 14.3 Å². The van der Waals surface area contributed by atoms with Crippen LogP contribution in [0, 0.1) is 0 Å². The predicted molar refractivity (Wildman–Crippen MR) is 55.4 cm³/mol. The van der Waals surface area contributed by atoms with Crippen LogP contribution in [0.2, 0.25) is 0 Å². The molecule has 0 aliphatic carbocycles. The maximum atomic E-state index is 11.4. The normalized spacial score (nSPS) is 41.5. The van der Waals surface area contributed by atoms with E-state index in [1.165, 1.54) is 13.0 Å². The van der Waals surface area contributed by atoms with Gasteiger partial charge in [-0.2, -0.15) is 0 Å². The van der Waals surface area contributed by atoms with Crippen molar-refractivity contribution in [3.8, 4) is 0 Å². The lowest BCUT2D eigenvalue weighted by molar-refractivity contribution is -0.187. The summed E-state index contributed by atoms with van der Waals surface area (Å²) in [5.41, 5.74) is -0.219. The van der Waals surface area contributed by atoms with Crippen LogP contribution in [0.25, 0.3) is 0 Å². The van der Waals surface area contributed by atoms with Crippen molar-refractivity contribution in [2.75, 3.05) is 0 Å². The van der Waals surface area contributed by atoms with Crippen molar-refractivity contribution in [1.29, 1.82) is 0 Å². The van der Waals surface area contributed by atoms with Gasteiger partial charge >= 0.3 is 5.97 Å². The minimum atomic E-state index is -1.90. The number of carbonyl (C=O) groups is 1. The number of hydrogen-bond donors (Lipinski definition) is 3. The molecule has 2 aliphatic heterocycles. The maximum absolute atomic E-state index is 11.4. The molecule has 2 rings (SSSR count). The zero-order chi connectivity index (χ0) is 12.8. The molecule has 4 atom stereocenters. The van der Waals surface area contributed by atoms with E-state index in [9.17, 15) is 20.1 Å². The van der Waals surface area contributed by atoms with Gasteiger partial charge < -0.3 is 24.8 Å². The number of carbonyl (C=O) groups excluding carboxylic acids is 1. The van der Waals surface area contributed by atoms with Crippen molar-refractivity contribution < 1.29 is 29.6 Å². The summed E-state index contributed by atoms with van der Waals surface area (Å²) in [6.07, 6.45) is -0.364. The monoisotopic (exact) mass is 242 g/mol. The van der Waals surface area contributed by atoms with Crippen LogP contribution in [0.4, 0.5) is 0 Å². The van der Waals surface area contributed by atoms with E-state index in [0.29, 0.717) is 0 Å². The minimum absolute atomic E-state index is 0.136. The summed E-state index contributed by atoms with van der Waals surface area (Å²) >= 11 is 0. The van der Waals surface area contributed by atoms with Gasteiger partial charge in [0.2, 0.25) is 0 Å². The van der Waals surface area contributed by atoms with Gasteiger partial charge in [-0.05, 0) is 13.0 Å². The lowest BCUT2D eigenvalue weighted by atomic mass is 9.95. The van der Waals surface area contributed by atoms with Crippen LogP contribution in [0.1, 0.15) is 13.8 Å². The molecule has 2 heterocycles. The Kier molecular flexibility index (Phi) is 2.73. The van der Waals surface area contributed by atoms with Crippen LogP contribution < -0.4 is 0 Å². The average Bonchev–Trinajstić information content (AvgIpc) is 2.45. The zero-order valence-corrected chi connectivity index (χ0v) is 9.45. The SMILES string of the molecule is C/C=C/[C@@H]1OC2=C(C(=O)O[C@]2(C)O)[C@H](O)[C@H]1O. The van der Waals surface area contributed by atoms with E-state index in [-0.39, 0.29) is 11.3 Å². The number of rotatable bonds is 1. The van der Waals surface area contributed by atoms with E-state index in [1.807, 2.05) is 0 Å². The molecule has 6 heteroatoms. The van der Waals surface area contributed by atoms with Crippen LogP contribution in [0.5, 0.6) is 0 Å². The summed E-state index contributed by atoms with van der Waals surface area (Å²) in [4.78, 5) is 11.4. The summed E-state index contributed by atoms with van der Waals surface area (Å²) < 4.78 is 9.97. The first kappa shape index (κ1) is 12.1. The van der Waals surface area contributed by atoms with Gasteiger partial charge in [0.15, 0.2) is 5.76 Å². The van der Waals surface area contributed by atoms with Gasteiger partial charge in [0.25, 0.3) is 5.79 Å². The first-order valence-electron chi connectivity index (χ1n) is 5.24. The summed E-state index contributed by atoms with van der Waals surface area (Å²) in [5, 5.41) is 29.4. The molecule has 2 aliphatic rings. The number of allylic oxidation sites excluding steroid dienone is 1. The van der Waals surface area contributed by atoms with Gasteiger partial charge in [0.05, 0.1) is 0 Å². The highest BCUT2D eigenvalue weighted by Crippen LogP contribution is 2.39. The number of hydrogen-bond acceptors (Lipinski definition) is 6. The fourth-order valence-corrected chi connectivity index (χ4v) is 1.95. The molecule has 6 nitrogen and oxygen atoms in total. The Morgan fingerprint density at radius 3 is 2.65 bits per heavy atom. The summed E-state index contributed by atoms with van der Waals surface area (Å²) in [5.74, 6) is -2.91. The predicted octanol–water partition coefficient (Wildman–Crippen LogP) is -0.798. The second-order valence-electron chi connectivity index (χ2n) is 4.16. The fourth-order valence-electron chi connectivity index (χ4n) is 1.95. The highest BCUT2D eigenvalue weighted by molar-refractivity contribution is 5.93. The van der Waals surface area contributed by atoms with Crippen molar-refractivity contribution >= 4 is 5.97 Å². The van der Waals surface area contributed by atoms with Crippen molar-refractivity contribution in [2.45, 2.75) is 37.9 Å². The Labute approximate surface area is 97.8 Å². The van der Waals surface area contributed by atoms with Crippen LogP contribution in [-0.4, -0.2) is 45.4 Å². The molecule has 94 valence electrons. The Bertz CT molecular complexity index is 408. The molecule has 0 saturated carbocycles. The summed E-state index contributed by atoms with van der Waals surface area (Å²) in [6.45, 7) is 2.96. The Morgan fingerprint density at radius 1 is 1.41 bits per heavy atom. The van der Waals surface area contributed by atoms with E-state index >= 15 is 0 Å². The topological polar surface area (TPSA) is 96.2 Å². The fraction of sp³-hybridized carbons (Fsp3) is 0.545. The zero-order valence-electron chi connectivity index (χ0n) is 9.45. The number of aliphatic hydroxyl groups is 3. The highest BCUT2D eigenvalue weighted by atomic mass is 16.7. The Balaban J connectivity index is 2.43. The van der Waals surface area contributed by atoms with E-state index in [0.717, 1.165) is 0 Å². The van der Waals surface area contributed by atoms with E-state index < -0.39 is 30.1 Å². The van der Waals surface area contributed by atoms with Crippen molar-refractivity contribution in [1.82, 2.24) is 0 Å². The second kappa shape index (κ2) is 3.83. The molecule has 0 aromatic rings.